The van der Waals surface area contributed by atoms with Crippen LogP contribution in [-0.4, -0.2) is 0 Å². The van der Waals surface area contributed by atoms with Crippen molar-refractivity contribution in [2.75, 3.05) is 0 Å². The Kier molecular flexibility index (Phi) is 9160. The van der Waals surface area contributed by atoms with Gasteiger partial charge in [0.25, 0.3) is 0 Å². The van der Waals surface area contributed by atoms with Crippen molar-refractivity contribution < 1.29 is 0 Å². The maximum absolute atomic E-state index is 3.25. The SMILES string of the molecule is C.[CH2+]C.[CH3-].[NH2-].[Rf]. The van der Waals surface area contributed by atoms with Gasteiger partial charge in [-0.15, -0.1) is 0 Å². The van der Waals surface area contributed by atoms with E-state index in [0.29, 0.717) is 0 Å². The molecule has 0 aromatic heterocycles. The molecule has 0 aliphatic carbocycles. The first-order valence-electron chi connectivity index (χ1n) is 0.707. The molecule has 0 aromatic rings. The monoisotopic (exact) mass is 343 g/mol. The van der Waals surface area contributed by atoms with E-state index in [9.17, 15) is 0 Å². The summed E-state index contributed by atoms with van der Waals surface area (Å²) in [6.45, 7) is 5.00. The Morgan fingerprint density at radius 2 is 1.17 bits per heavy atom. The molecule has 0 saturated carbocycles. The normalized spacial score (nSPS) is 0.833. The van der Waals surface area contributed by atoms with Crippen molar-refractivity contribution in [1.29, 1.82) is 0 Å². The minimum absolute atomic E-state index is 0. The Morgan fingerprint density at radius 3 is 1.17 bits per heavy atom. The third kappa shape index (κ3) is 6.92. The number of hydrogen-bond donors (Lipinski definition) is 0. The number of nitrogens with two attached hydrogens (primary N) is 1. The van der Waals surface area contributed by atoms with Crippen LogP contribution in [-0.2, 0) is 0 Å². The summed E-state index contributed by atoms with van der Waals surface area (Å²) in [5.74, 6) is 0. The van der Waals surface area contributed by atoms with Crippen LogP contribution in [0.25, 0.3) is 6.15 Å². The number of rotatable bonds is 0. The quantitative estimate of drug-likeness (QED) is 0.606. The molecular formula is C4H14NRf-. The van der Waals surface area contributed by atoms with Gasteiger partial charge in [-0.3, -0.25) is 0 Å². The largest absolute Gasteiger partial charge is 0.693 e. The zero-order chi connectivity index (χ0) is 2.00. The van der Waals surface area contributed by atoms with Crippen molar-refractivity contribution in [3.05, 3.63) is 20.5 Å². The van der Waals surface area contributed by atoms with Crippen LogP contribution < -0.4 is 0 Å². The molecule has 0 fully saturated rings. The zero-order valence-corrected chi connectivity index (χ0v) is 10.4. The van der Waals surface area contributed by atoms with Gasteiger partial charge >= 0.3 is 0 Å². The van der Waals surface area contributed by atoms with Gasteiger partial charge in [0.2, 0.25) is 0 Å². The van der Waals surface area contributed by atoms with Crippen LogP contribution in [0.4, 0.5) is 0 Å². The van der Waals surface area contributed by atoms with E-state index in [-0.39, 0.29) is 21.0 Å². The average molecular weight is 343 g/mol. The minimum Gasteiger partial charge on any atom is -0.693 e. The van der Waals surface area contributed by atoms with Crippen LogP contribution in [0.2, 0.25) is 0 Å². The van der Waals surface area contributed by atoms with Gasteiger partial charge in [-0.25, -0.2) is 0 Å². The summed E-state index contributed by atoms with van der Waals surface area (Å²) in [4.78, 5) is 0. The molecular weight excluding hydrogens is 329 g/mol. The summed E-state index contributed by atoms with van der Waals surface area (Å²) in [5.41, 5.74) is 0. The summed E-state index contributed by atoms with van der Waals surface area (Å²) < 4.78 is 0. The smallest absolute Gasteiger partial charge is 0.0746 e. The predicted molar refractivity (Wildman–Crippen MR) is 29.5 cm³/mol. The Balaban J connectivity index is -0.000000000833. The van der Waals surface area contributed by atoms with Gasteiger partial charge in [-0.1, -0.05) is 7.43 Å². The van der Waals surface area contributed by atoms with Gasteiger partial charge in [-0.05, 0) is 0 Å². The molecule has 2 N–H and O–H groups in total. The molecule has 38 valence electrons. The fourth-order valence-electron chi connectivity index (χ4n) is 0. The summed E-state index contributed by atoms with van der Waals surface area (Å²) in [6.07, 6.45) is 0. The maximum Gasteiger partial charge on any atom is 0.0746 e. The van der Waals surface area contributed by atoms with Crippen molar-refractivity contribution in [2.24, 2.45) is 0 Å². The topological polar surface area (TPSA) is 33.5 Å². The fourth-order valence-corrected chi connectivity index (χ4v) is 0. The molecule has 0 rings (SSSR count). The second-order valence-corrected chi connectivity index (χ2v) is 0. The van der Waals surface area contributed by atoms with Gasteiger partial charge in [0.05, 0.1) is 13.8 Å². The van der Waals surface area contributed by atoms with Crippen molar-refractivity contribution in [2.45, 2.75) is 14.4 Å². The molecule has 0 unspecified atom stereocenters. The second-order valence-electron chi connectivity index (χ2n) is 0. The maximum atomic E-state index is 3.25. The standard InChI is InChI=1S/C2H5.CH4.CH3.H2N.Rf/c1-2;;;;/h1H2,2H3;1H4;1H3;1H2;/q+1;;2*-1;. The van der Waals surface area contributed by atoms with Crippen LogP contribution in [0, 0.1) is 14.4 Å². The van der Waals surface area contributed by atoms with Crippen molar-refractivity contribution in [3.63, 3.8) is 0 Å². The first kappa shape index (κ1) is 2450. The van der Waals surface area contributed by atoms with Gasteiger partial charge < -0.3 is 13.6 Å². The molecule has 0 bridgehead atoms. The van der Waals surface area contributed by atoms with Crippen molar-refractivity contribution in [1.82, 2.24) is 0 Å². The second kappa shape index (κ2) is 22.4. The van der Waals surface area contributed by atoms with Crippen LogP contribution in [0.3, 0.4) is 0 Å². The van der Waals surface area contributed by atoms with E-state index in [2.05, 4.69) is 6.92 Å². The van der Waals surface area contributed by atoms with E-state index in [1.165, 1.54) is 0 Å². The van der Waals surface area contributed by atoms with Crippen LogP contribution in [0.15, 0.2) is 0 Å². The van der Waals surface area contributed by atoms with Gasteiger partial charge in [0.1, 0.15) is 0 Å². The van der Waals surface area contributed by atoms with Crippen molar-refractivity contribution >= 4 is 0 Å². The molecule has 0 saturated heterocycles. The molecule has 2 heteroatoms. The molecule has 0 spiro atoms. The fraction of sp³-hybridized carbons (Fsp3) is 0.500. The Hall–Kier alpha value is -1.17. The zero-order valence-electron chi connectivity index (χ0n) is 3.99. The van der Waals surface area contributed by atoms with E-state index in [0.717, 1.165) is 0 Å². The van der Waals surface area contributed by atoms with Crippen LogP contribution in [0.1, 0.15) is 14.4 Å². The van der Waals surface area contributed by atoms with E-state index in [1.807, 2.05) is 0 Å². The van der Waals surface area contributed by atoms with Crippen LogP contribution in [0.5, 0.6) is 0 Å². The molecule has 6 heavy (non-hydrogen) atoms. The molecule has 0 atom stereocenters. The Morgan fingerprint density at radius 1 is 1.17 bits per heavy atom. The van der Waals surface area contributed by atoms with Gasteiger partial charge in [0, 0.05) is 0 Å². The molecule has 0 aliphatic rings. The average Bonchev–Trinajstić information content (AvgIpc) is 1.00. The van der Waals surface area contributed by atoms with E-state index in [4.69, 9.17) is 0 Å². The summed E-state index contributed by atoms with van der Waals surface area (Å²) >= 11 is 0. The van der Waals surface area contributed by atoms with Gasteiger partial charge in [-0.2, -0.15) is 0 Å². The third-order valence-corrected chi connectivity index (χ3v) is 0. The summed E-state index contributed by atoms with van der Waals surface area (Å²) in [5, 5.41) is 0. The molecule has 0 aromatic carbocycles. The molecule has 0 radical (unpaired) electrons. The molecule has 0 amide bonds. The first-order valence-corrected chi connectivity index (χ1v) is 0.707. The first-order chi connectivity index (χ1) is 1.00. The van der Waals surface area contributed by atoms with Crippen LogP contribution >= 0.6 is 0 Å². The Labute approximate surface area is 36.0 Å². The summed E-state index contributed by atoms with van der Waals surface area (Å²) in [6, 6.07) is 0. The minimum atomic E-state index is 0. The van der Waals surface area contributed by atoms with E-state index in [1.54, 1.807) is 6.92 Å². The molecule has 1 nitrogen and oxygen atoms in total. The molecule has 0 heterocycles. The Bertz CT molecular complexity index is 7.51. The number of hydrogen-bond acceptors (Lipinski definition) is 0. The molecule has 0 aliphatic heterocycles. The van der Waals surface area contributed by atoms with Crippen molar-refractivity contribution in [3.8, 4) is 0 Å². The van der Waals surface area contributed by atoms with E-state index >= 15 is 0 Å². The summed E-state index contributed by atoms with van der Waals surface area (Å²) in [7, 11) is 0. The van der Waals surface area contributed by atoms with E-state index < -0.39 is 0 Å². The van der Waals surface area contributed by atoms with Gasteiger partial charge in [0.15, 0.2) is 0 Å². The predicted octanol–water partition coefficient (Wildman–Crippen LogP) is 2.64. The third-order valence-electron chi connectivity index (χ3n) is 0.